The van der Waals surface area contributed by atoms with E-state index in [2.05, 4.69) is 4.98 Å². The Bertz CT molecular complexity index is 487. The van der Waals surface area contributed by atoms with Crippen LogP contribution in [-0.2, 0) is 5.41 Å². The van der Waals surface area contributed by atoms with Gasteiger partial charge in [-0.2, -0.15) is 0 Å². The number of aromatic nitrogens is 1. The number of pyridine rings is 1. The maximum atomic E-state index is 9.50. The first-order valence-electron chi connectivity index (χ1n) is 5.36. The van der Waals surface area contributed by atoms with Gasteiger partial charge in [0.05, 0.1) is 12.1 Å². The Hall–Kier alpha value is -1.45. The zero-order chi connectivity index (χ0) is 11.6. The molecule has 0 aliphatic heterocycles. The van der Waals surface area contributed by atoms with E-state index in [0.717, 1.165) is 16.5 Å². The largest absolute Gasteiger partial charge is 0.395 e. The van der Waals surface area contributed by atoms with Crippen molar-refractivity contribution in [1.29, 1.82) is 0 Å². The van der Waals surface area contributed by atoms with Gasteiger partial charge in [0.15, 0.2) is 0 Å². The van der Waals surface area contributed by atoms with Crippen molar-refractivity contribution in [1.82, 2.24) is 4.98 Å². The van der Waals surface area contributed by atoms with Gasteiger partial charge >= 0.3 is 0 Å². The third-order valence-electron chi connectivity index (χ3n) is 3.10. The molecule has 3 N–H and O–H groups in total. The van der Waals surface area contributed by atoms with E-state index in [-0.39, 0.29) is 6.61 Å². The Balaban J connectivity index is 2.69. The standard InChI is InChI=1S/C13H16N2O/c1-13(8-14,9-16)11-6-7-15-12-5-3-2-4-10(11)12/h2-7,16H,8-9,14H2,1H3. The summed E-state index contributed by atoms with van der Waals surface area (Å²) in [6.07, 6.45) is 1.77. The molecule has 2 aromatic rings. The zero-order valence-corrected chi connectivity index (χ0v) is 9.35. The third-order valence-corrected chi connectivity index (χ3v) is 3.10. The van der Waals surface area contributed by atoms with Crippen molar-refractivity contribution < 1.29 is 5.11 Å². The Kier molecular flexibility index (Phi) is 2.90. The molecule has 3 heteroatoms. The SMILES string of the molecule is CC(CN)(CO)c1ccnc2ccccc12. The van der Waals surface area contributed by atoms with Gasteiger partial charge in [0, 0.05) is 23.5 Å². The van der Waals surface area contributed by atoms with Crippen molar-refractivity contribution in [3.05, 3.63) is 42.1 Å². The molecular formula is C13H16N2O. The molecule has 1 unspecified atom stereocenters. The van der Waals surface area contributed by atoms with Crippen molar-refractivity contribution in [3.63, 3.8) is 0 Å². The fourth-order valence-electron chi connectivity index (χ4n) is 1.88. The summed E-state index contributed by atoms with van der Waals surface area (Å²) in [4.78, 5) is 4.30. The summed E-state index contributed by atoms with van der Waals surface area (Å²) in [5.41, 5.74) is 7.36. The molecule has 0 radical (unpaired) electrons. The van der Waals surface area contributed by atoms with Crippen molar-refractivity contribution in [2.24, 2.45) is 5.73 Å². The fraction of sp³-hybridized carbons (Fsp3) is 0.308. The highest BCUT2D eigenvalue weighted by atomic mass is 16.3. The van der Waals surface area contributed by atoms with Gasteiger partial charge in [0.1, 0.15) is 0 Å². The molecule has 0 bridgehead atoms. The van der Waals surface area contributed by atoms with Crippen LogP contribution in [0.3, 0.4) is 0 Å². The highest BCUT2D eigenvalue weighted by Crippen LogP contribution is 2.28. The van der Waals surface area contributed by atoms with Crippen LogP contribution in [0.4, 0.5) is 0 Å². The highest BCUT2D eigenvalue weighted by Gasteiger charge is 2.25. The second-order valence-electron chi connectivity index (χ2n) is 4.30. The average Bonchev–Trinajstić information content (AvgIpc) is 2.37. The van der Waals surface area contributed by atoms with E-state index >= 15 is 0 Å². The topological polar surface area (TPSA) is 59.1 Å². The molecule has 2 rings (SSSR count). The predicted molar refractivity (Wildman–Crippen MR) is 65.2 cm³/mol. The molecule has 84 valence electrons. The summed E-state index contributed by atoms with van der Waals surface area (Å²) in [6.45, 7) is 2.42. The highest BCUT2D eigenvalue weighted by molar-refractivity contribution is 5.83. The van der Waals surface area contributed by atoms with Gasteiger partial charge in [-0.05, 0) is 17.7 Å². The van der Waals surface area contributed by atoms with Crippen LogP contribution in [0.5, 0.6) is 0 Å². The first-order valence-corrected chi connectivity index (χ1v) is 5.36. The molecule has 0 saturated carbocycles. The van der Waals surface area contributed by atoms with Crippen LogP contribution in [0.2, 0.25) is 0 Å². The molecule has 16 heavy (non-hydrogen) atoms. The lowest BCUT2D eigenvalue weighted by Crippen LogP contribution is -2.35. The quantitative estimate of drug-likeness (QED) is 0.816. The number of fused-ring (bicyclic) bond motifs is 1. The van der Waals surface area contributed by atoms with Gasteiger partial charge in [-0.25, -0.2) is 0 Å². The summed E-state index contributed by atoms with van der Waals surface area (Å²) in [5.74, 6) is 0. The van der Waals surface area contributed by atoms with E-state index < -0.39 is 5.41 Å². The van der Waals surface area contributed by atoms with Crippen molar-refractivity contribution >= 4 is 10.9 Å². The van der Waals surface area contributed by atoms with Gasteiger partial charge in [-0.15, -0.1) is 0 Å². The van der Waals surface area contributed by atoms with E-state index in [1.165, 1.54) is 0 Å². The van der Waals surface area contributed by atoms with E-state index in [4.69, 9.17) is 5.73 Å². The van der Waals surface area contributed by atoms with Gasteiger partial charge in [0.2, 0.25) is 0 Å². The molecule has 0 fully saturated rings. The minimum Gasteiger partial charge on any atom is -0.395 e. The molecule has 1 aromatic heterocycles. The van der Waals surface area contributed by atoms with E-state index in [9.17, 15) is 5.11 Å². The number of nitrogens with zero attached hydrogens (tertiary/aromatic N) is 1. The normalized spacial score (nSPS) is 14.9. The van der Waals surface area contributed by atoms with E-state index in [1.54, 1.807) is 6.20 Å². The molecule has 1 aromatic carbocycles. The van der Waals surface area contributed by atoms with Crippen LogP contribution in [0.1, 0.15) is 12.5 Å². The van der Waals surface area contributed by atoms with Crippen LogP contribution in [-0.4, -0.2) is 23.2 Å². The minimum absolute atomic E-state index is 0.0392. The number of hydrogen-bond donors (Lipinski definition) is 2. The zero-order valence-electron chi connectivity index (χ0n) is 9.35. The number of rotatable bonds is 3. The van der Waals surface area contributed by atoms with Gasteiger partial charge < -0.3 is 10.8 Å². The molecule has 0 aliphatic rings. The maximum Gasteiger partial charge on any atom is 0.0704 e. The first-order chi connectivity index (χ1) is 7.71. The van der Waals surface area contributed by atoms with Crippen LogP contribution in [0.15, 0.2) is 36.5 Å². The molecule has 0 amide bonds. The molecule has 1 atom stereocenters. The Morgan fingerprint density at radius 1 is 1.31 bits per heavy atom. The fourth-order valence-corrected chi connectivity index (χ4v) is 1.88. The van der Waals surface area contributed by atoms with Gasteiger partial charge in [-0.3, -0.25) is 4.98 Å². The second kappa shape index (κ2) is 4.20. The molecule has 0 spiro atoms. The number of para-hydroxylation sites is 1. The number of hydrogen-bond acceptors (Lipinski definition) is 3. The van der Waals surface area contributed by atoms with E-state index in [1.807, 2.05) is 37.3 Å². The maximum absolute atomic E-state index is 9.50. The smallest absolute Gasteiger partial charge is 0.0704 e. The summed E-state index contributed by atoms with van der Waals surface area (Å²) in [7, 11) is 0. The Labute approximate surface area is 94.9 Å². The molecule has 0 saturated heterocycles. The molecular weight excluding hydrogens is 200 g/mol. The lowest BCUT2D eigenvalue weighted by Gasteiger charge is -2.27. The van der Waals surface area contributed by atoms with Crippen LogP contribution in [0, 0.1) is 0 Å². The number of benzene rings is 1. The minimum atomic E-state index is -0.400. The number of aliphatic hydroxyl groups excluding tert-OH is 1. The Morgan fingerprint density at radius 2 is 2.06 bits per heavy atom. The van der Waals surface area contributed by atoms with Crippen LogP contribution < -0.4 is 5.73 Å². The van der Waals surface area contributed by atoms with Gasteiger partial charge in [-0.1, -0.05) is 25.1 Å². The molecule has 1 heterocycles. The summed E-state index contributed by atoms with van der Waals surface area (Å²) in [5, 5.41) is 10.6. The predicted octanol–water partition coefficient (Wildman–Crippen LogP) is 1.44. The number of aliphatic hydroxyl groups is 1. The molecule has 0 aliphatic carbocycles. The number of nitrogens with two attached hydrogens (primary N) is 1. The van der Waals surface area contributed by atoms with Crippen LogP contribution >= 0.6 is 0 Å². The summed E-state index contributed by atoms with van der Waals surface area (Å²) in [6, 6.07) is 9.85. The first kappa shape index (κ1) is 11.0. The monoisotopic (exact) mass is 216 g/mol. The summed E-state index contributed by atoms with van der Waals surface area (Å²) >= 11 is 0. The van der Waals surface area contributed by atoms with Crippen molar-refractivity contribution in [2.75, 3.05) is 13.2 Å². The second-order valence-corrected chi connectivity index (χ2v) is 4.30. The van der Waals surface area contributed by atoms with Crippen LogP contribution in [0.25, 0.3) is 10.9 Å². The van der Waals surface area contributed by atoms with Crippen molar-refractivity contribution in [3.8, 4) is 0 Å². The van der Waals surface area contributed by atoms with Crippen molar-refractivity contribution in [2.45, 2.75) is 12.3 Å². The van der Waals surface area contributed by atoms with Gasteiger partial charge in [0.25, 0.3) is 0 Å². The Morgan fingerprint density at radius 3 is 2.75 bits per heavy atom. The lowest BCUT2D eigenvalue weighted by molar-refractivity contribution is 0.211. The van der Waals surface area contributed by atoms with E-state index in [0.29, 0.717) is 6.54 Å². The third kappa shape index (κ3) is 1.68. The summed E-state index contributed by atoms with van der Waals surface area (Å²) < 4.78 is 0. The molecule has 3 nitrogen and oxygen atoms in total. The lowest BCUT2D eigenvalue weighted by atomic mass is 9.82. The average molecular weight is 216 g/mol.